The van der Waals surface area contributed by atoms with Gasteiger partial charge in [0.05, 0.1) is 0 Å². The van der Waals surface area contributed by atoms with E-state index in [1.54, 1.807) is 18.5 Å². The number of hydrogen-bond acceptors (Lipinski definition) is 0. The van der Waals surface area contributed by atoms with E-state index in [4.69, 9.17) is 0 Å². The van der Waals surface area contributed by atoms with Gasteiger partial charge in [-0.2, -0.15) is 0 Å². The van der Waals surface area contributed by atoms with Crippen LogP contribution in [-0.4, -0.2) is 18.5 Å². The van der Waals surface area contributed by atoms with Gasteiger partial charge in [-0.25, -0.2) is 0 Å². The molecule has 15 heavy (non-hydrogen) atoms. The zero-order chi connectivity index (χ0) is 9.94. The summed E-state index contributed by atoms with van der Waals surface area (Å²) in [4.78, 5) is 0. The Balaban J connectivity index is -0.000000720. The molecule has 0 aliphatic heterocycles. The SMILES string of the molecule is CCCCP(CCCC)CCCC.[Cl-].[Co+2]. The third-order valence-corrected chi connectivity index (χ3v) is 5.33. The van der Waals surface area contributed by atoms with Crippen LogP contribution in [0.5, 0.6) is 0 Å². The van der Waals surface area contributed by atoms with E-state index in [1.165, 1.54) is 38.5 Å². The van der Waals surface area contributed by atoms with E-state index in [9.17, 15) is 0 Å². The van der Waals surface area contributed by atoms with Crippen LogP contribution in [0.25, 0.3) is 0 Å². The maximum atomic E-state index is 2.31. The minimum absolute atomic E-state index is 0. The average molecular weight is 297 g/mol. The summed E-state index contributed by atoms with van der Waals surface area (Å²) in [6, 6.07) is 0. The Bertz CT molecular complexity index is 82.6. The summed E-state index contributed by atoms with van der Waals surface area (Å²) >= 11 is 0. The van der Waals surface area contributed by atoms with Crippen LogP contribution in [0, 0.1) is 0 Å². The number of rotatable bonds is 9. The van der Waals surface area contributed by atoms with Crippen molar-refractivity contribution in [3.05, 3.63) is 0 Å². The quantitative estimate of drug-likeness (QED) is 0.570. The summed E-state index contributed by atoms with van der Waals surface area (Å²) < 4.78 is 0. The number of hydrogen-bond donors (Lipinski definition) is 0. The molecule has 0 atom stereocenters. The van der Waals surface area contributed by atoms with E-state index < -0.39 is 0 Å². The Labute approximate surface area is 115 Å². The van der Waals surface area contributed by atoms with Crippen molar-refractivity contribution in [2.45, 2.75) is 59.3 Å². The third-order valence-electron chi connectivity index (χ3n) is 2.48. The molecule has 0 saturated carbocycles. The van der Waals surface area contributed by atoms with Gasteiger partial charge in [0.15, 0.2) is 0 Å². The maximum Gasteiger partial charge on any atom is 2.00 e. The summed E-state index contributed by atoms with van der Waals surface area (Å²) in [6.45, 7) is 6.94. The van der Waals surface area contributed by atoms with Crippen molar-refractivity contribution in [2.24, 2.45) is 0 Å². The molecular weight excluding hydrogens is 269 g/mol. The zero-order valence-corrected chi connectivity index (χ0v) is 13.2. The molecule has 0 aromatic carbocycles. The van der Waals surface area contributed by atoms with Crippen LogP contribution in [0.4, 0.5) is 0 Å². The van der Waals surface area contributed by atoms with E-state index >= 15 is 0 Å². The van der Waals surface area contributed by atoms with Gasteiger partial charge >= 0.3 is 16.8 Å². The van der Waals surface area contributed by atoms with E-state index in [2.05, 4.69) is 20.8 Å². The van der Waals surface area contributed by atoms with Gasteiger partial charge in [0.1, 0.15) is 0 Å². The molecule has 3 heteroatoms. The normalized spacial score (nSPS) is 9.60. The molecule has 0 aromatic heterocycles. The van der Waals surface area contributed by atoms with Crippen LogP contribution in [0.3, 0.4) is 0 Å². The molecule has 0 aromatic rings. The molecule has 0 heterocycles. The number of unbranched alkanes of at least 4 members (excludes halogenated alkanes) is 3. The Morgan fingerprint density at radius 2 is 0.933 bits per heavy atom. The standard InChI is InChI=1S/C12H27P.ClH.Co/c1-4-7-10-13(11-8-5-2)12-9-6-3;;/h4-12H2,1-3H3;1H;/q;;+2/p-1. The van der Waals surface area contributed by atoms with Gasteiger partial charge in [0.25, 0.3) is 0 Å². The van der Waals surface area contributed by atoms with Gasteiger partial charge in [0.2, 0.25) is 0 Å². The monoisotopic (exact) mass is 296 g/mol. The fourth-order valence-electron chi connectivity index (χ4n) is 1.48. The van der Waals surface area contributed by atoms with Gasteiger partial charge < -0.3 is 12.4 Å². The molecule has 0 nitrogen and oxygen atoms in total. The molecule has 0 aliphatic carbocycles. The molecular formula is C12H27ClCoP+. The molecule has 0 rings (SSSR count). The molecule has 0 N–H and O–H groups in total. The van der Waals surface area contributed by atoms with E-state index in [0.717, 1.165) is 0 Å². The van der Waals surface area contributed by atoms with E-state index in [-0.39, 0.29) is 29.2 Å². The smallest absolute Gasteiger partial charge is 1.00 e. The maximum absolute atomic E-state index is 2.31. The van der Waals surface area contributed by atoms with Crippen molar-refractivity contribution < 1.29 is 29.2 Å². The Kier molecular flexibility index (Phi) is 25.3. The average Bonchev–Trinajstić information content (AvgIpc) is 2.17. The zero-order valence-electron chi connectivity index (χ0n) is 10.5. The largest absolute Gasteiger partial charge is 2.00 e. The molecule has 95 valence electrons. The molecule has 0 spiro atoms. The van der Waals surface area contributed by atoms with Crippen LogP contribution in [0.2, 0.25) is 0 Å². The van der Waals surface area contributed by atoms with Gasteiger partial charge in [-0.3, -0.25) is 0 Å². The van der Waals surface area contributed by atoms with Crippen LogP contribution < -0.4 is 12.4 Å². The van der Waals surface area contributed by atoms with Gasteiger partial charge in [0, 0.05) is 0 Å². The van der Waals surface area contributed by atoms with Crippen molar-refractivity contribution in [3.8, 4) is 0 Å². The second-order valence-electron chi connectivity index (χ2n) is 3.90. The van der Waals surface area contributed by atoms with Gasteiger partial charge in [-0.15, -0.1) is 7.92 Å². The molecule has 0 amide bonds. The first-order valence-corrected chi connectivity index (χ1v) is 7.97. The van der Waals surface area contributed by atoms with Crippen molar-refractivity contribution in [3.63, 3.8) is 0 Å². The summed E-state index contributed by atoms with van der Waals surface area (Å²) in [5.74, 6) is 0. The minimum Gasteiger partial charge on any atom is -1.00 e. The second-order valence-corrected chi connectivity index (χ2v) is 6.59. The van der Waals surface area contributed by atoms with Crippen molar-refractivity contribution in [1.29, 1.82) is 0 Å². The van der Waals surface area contributed by atoms with Crippen molar-refractivity contribution >= 4 is 7.92 Å². The first kappa shape index (κ1) is 21.5. The predicted octanol–water partition coefficient (Wildman–Crippen LogP) is 1.87. The molecule has 0 aliphatic rings. The first-order chi connectivity index (χ1) is 6.35. The van der Waals surface area contributed by atoms with E-state index in [1.807, 2.05) is 0 Å². The van der Waals surface area contributed by atoms with Crippen LogP contribution in [0.1, 0.15) is 59.3 Å². The van der Waals surface area contributed by atoms with E-state index in [0.29, 0.717) is 7.92 Å². The van der Waals surface area contributed by atoms with Gasteiger partial charge in [-0.1, -0.05) is 40.0 Å². The Morgan fingerprint density at radius 1 is 0.667 bits per heavy atom. The Hall–Kier alpha value is 1.23. The Morgan fingerprint density at radius 3 is 1.13 bits per heavy atom. The van der Waals surface area contributed by atoms with Crippen molar-refractivity contribution in [2.75, 3.05) is 18.5 Å². The molecule has 0 unspecified atom stereocenters. The van der Waals surface area contributed by atoms with Crippen LogP contribution >= 0.6 is 7.92 Å². The first-order valence-electron chi connectivity index (χ1n) is 6.07. The molecule has 0 fully saturated rings. The summed E-state index contributed by atoms with van der Waals surface area (Å²) in [7, 11) is 0.422. The minimum atomic E-state index is 0. The molecule has 0 saturated heterocycles. The summed E-state index contributed by atoms with van der Waals surface area (Å²) in [5, 5.41) is 0. The van der Waals surface area contributed by atoms with Gasteiger partial charge in [-0.05, 0) is 37.7 Å². The number of halogens is 1. The van der Waals surface area contributed by atoms with Crippen LogP contribution in [0.15, 0.2) is 0 Å². The summed E-state index contributed by atoms with van der Waals surface area (Å²) in [6.07, 6.45) is 13.2. The molecule has 0 bridgehead atoms. The van der Waals surface area contributed by atoms with Crippen LogP contribution in [-0.2, 0) is 16.8 Å². The third kappa shape index (κ3) is 15.2. The topological polar surface area (TPSA) is 0 Å². The fourth-order valence-corrected chi connectivity index (χ4v) is 4.44. The predicted molar refractivity (Wildman–Crippen MR) is 66.2 cm³/mol. The second kappa shape index (κ2) is 17.6. The summed E-state index contributed by atoms with van der Waals surface area (Å²) in [5.41, 5.74) is 0. The fraction of sp³-hybridized carbons (Fsp3) is 1.00. The van der Waals surface area contributed by atoms with Crippen molar-refractivity contribution in [1.82, 2.24) is 0 Å². The molecule has 1 radical (unpaired) electrons.